The fraction of sp³-hybridized carbons (Fsp3) is 0.231. The van der Waals surface area contributed by atoms with Gasteiger partial charge in [-0.1, -0.05) is 36.4 Å². The van der Waals surface area contributed by atoms with Crippen molar-refractivity contribution in [2.24, 2.45) is 0 Å². The molecule has 174 valence electrons. The smallest absolute Gasteiger partial charge is 0.271 e. The Morgan fingerprint density at radius 2 is 1.88 bits per heavy atom. The number of carbonyl (C=O) groups excluding carboxylic acids is 2. The van der Waals surface area contributed by atoms with Gasteiger partial charge in [-0.2, -0.15) is 0 Å². The largest absolute Gasteiger partial charge is 0.496 e. The van der Waals surface area contributed by atoms with Crippen LogP contribution in [0.25, 0.3) is 10.2 Å². The first-order valence-electron chi connectivity index (χ1n) is 10.9. The number of benzene rings is 2. The molecule has 0 spiro atoms. The zero-order valence-electron chi connectivity index (χ0n) is 18.9. The zero-order chi connectivity index (χ0) is 23.9. The van der Waals surface area contributed by atoms with Crippen LogP contribution in [0.2, 0.25) is 0 Å². The lowest BCUT2D eigenvalue weighted by Gasteiger charge is -2.44. The lowest BCUT2D eigenvalue weighted by Crippen LogP contribution is -2.63. The van der Waals surface area contributed by atoms with Crippen molar-refractivity contribution in [3.8, 4) is 5.75 Å². The molecule has 3 heterocycles. The highest BCUT2D eigenvalue weighted by atomic mass is 32.1. The van der Waals surface area contributed by atoms with Crippen LogP contribution in [0.1, 0.15) is 28.5 Å². The topological polar surface area (TPSA) is 63.6 Å². The summed E-state index contributed by atoms with van der Waals surface area (Å²) >= 11 is 1.53. The van der Waals surface area contributed by atoms with Gasteiger partial charge in [-0.3, -0.25) is 9.59 Å². The summed E-state index contributed by atoms with van der Waals surface area (Å²) in [6.07, 6.45) is 0. The molecule has 0 bridgehead atoms. The maximum atomic E-state index is 14.5. The van der Waals surface area contributed by atoms with Crippen LogP contribution in [0.4, 0.5) is 4.39 Å². The third-order valence-electron chi connectivity index (χ3n) is 6.44. The van der Waals surface area contributed by atoms with Crippen LogP contribution in [-0.2, 0) is 24.4 Å². The minimum Gasteiger partial charge on any atom is -0.496 e. The number of amides is 2. The normalized spacial score (nSPS) is 17.6. The summed E-state index contributed by atoms with van der Waals surface area (Å²) in [4.78, 5) is 29.8. The molecule has 0 saturated heterocycles. The fourth-order valence-electron chi connectivity index (χ4n) is 4.52. The van der Waals surface area contributed by atoms with Crippen LogP contribution < -0.4 is 10.1 Å². The minimum absolute atomic E-state index is 0.0110. The fourth-order valence-corrected chi connectivity index (χ4v) is 5.41. The number of hydrogen-bond donors (Lipinski definition) is 1. The molecule has 8 heteroatoms. The third kappa shape index (κ3) is 3.64. The molecule has 2 amide bonds. The van der Waals surface area contributed by atoms with Gasteiger partial charge in [0.2, 0.25) is 5.91 Å². The molecule has 4 aromatic rings. The first-order valence-corrected chi connectivity index (χ1v) is 11.8. The molecule has 34 heavy (non-hydrogen) atoms. The van der Waals surface area contributed by atoms with Crippen LogP contribution >= 0.6 is 11.3 Å². The number of nitrogens with one attached hydrogen (secondary N) is 1. The summed E-state index contributed by atoms with van der Waals surface area (Å²) in [6, 6.07) is 17.6. The quantitative estimate of drug-likeness (QED) is 0.442. The number of thiophene rings is 1. The number of hydrogen-bond acceptors (Lipinski definition) is 4. The molecule has 2 aromatic heterocycles. The molecule has 0 saturated carbocycles. The molecule has 1 aliphatic rings. The minimum atomic E-state index is -1.23. The van der Waals surface area contributed by atoms with Crippen LogP contribution in [0.5, 0.6) is 5.75 Å². The summed E-state index contributed by atoms with van der Waals surface area (Å²) in [5, 5.41) is 5.91. The van der Waals surface area contributed by atoms with E-state index in [1.54, 1.807) is 32.2 Å². The SMILES string of the molecule is COc1ccccc1CNC(=O)[C@@]1(C)Cn2c(cc3ccsc32)C(=O)N1Cc1ccccc1F. The van der Waals surface area contributed by atoms with Crippen LogP contribution in [0.15, 0.2) is 66.0 Å². The van der Waals surface area contributed by atoms with Crippen LogP contribution in [-0.4, -0.2) is 33.9 Å². The maximum Gasteiger partial charge on any atom is 0.271 e. The van der Waals surface area contributed by atoms with Crippen molar-refractivity contribution in [3.63, 3.8) is 0 Å². The summed E-state index contributed by atoms with van der Waals surface area (Å²) in [5.41, 5.74) is 0.464. The number of aromatic nitrogens is 1. The van der Waals surface area contributed by atoms with E-state index in [2.05, 4.69) is 5.32 Å². The van der Waals surface area contributed by atoms with Gasteiger partial charge in [0.15, 0.2) is 0 Å². The Bertz CT molecular complexity index is 1390. The van der Waals surface area contributed by atoms with Crippen molar-refractivity contribution in [2.75, 3.05) is 7.11 Å². The highest BCUT2D eigenvalue weighted by Crippen LogP contribution is 2.35. The van der Waals surface area contributed by atoms with E-state index >= 15 is 0 Å². The standard InChI is InChI=1S/C26H24FN3O3S/c1-26(25(32)28-14-18-7-4-6-10-22(18)33-2)16-29-21(13-17-11-12-34-24(17)29)23(31)30(26)15-19-8-3-5-9-20(19)27/h3-13H,14-16H2,1-2H3,(H,28,32)/t26-/m1/s1. The molecular formula is C26H24FN3O3S. The van der Waals surface area contributed by atoms with Crippen molar-refractivity contribution in [1.29, 1.82) is 0 Å². The monoisotopic (exact) mass is 477 g/mol. The van der Waals surface area contributed by atoms with Gasteiger partial charge < -0.3 is 19.5 Å². The Labute approximate surface area is 200 Å². The van der Waals surface area contributed by atoms with E-state index in [0.717, 1.165) is 15.8 Å². The van der Waals surface area contributed by atoms with Crippen molar-refractivity contribution < 1.29 is 18.7 Å². The zero-order valence-corrected chi connectivity index (χ0v) is 19.7. The lowest BCUT2D eigenvalue weighted by molar-refractivity contribution is -0.133. The van der Waals surface area contributed by atoms with E-state index < -0.39 is 11.4 Å². The number of carbonyl (C=O) groups is 2. The van der Waals surface area contributed by atoms with Crippen molar-refractivity contribution in [3.05, 3.63) is 88.7 Å². The van der Waals surface area contributed by atoms with Crippen molar-refractivity contribution >= 4 is 33.4 Å². The average Bonchev–Trinajstić information content (AvgIpc) is 3.44. The number of ether oxygens (including phenoxy) is 1. The Balaban J connectivity index is 1.52. The molecule has 5 rings (SSSR count). The van der Waals surface area contributed by atoms with Gasteiger partial charge in [-0.25, -0.2) is 4.39 Å². The van der Waals surface area contributed by atoms with Crippen molar-refractivity contribution in [2.45, 2.75) is 32.1 Å². The Hall–Kier alpha value is -3.65. The Morgan fingerprint density at radius 1 is 1.15 bits per heavy atom. The lowest BCUT2D eigenvalue weighted by atomic mass is 9.93. The first-order chi connectivity index (χ1) is 16.4. The van der Waals surface area contributed by atoms with Gasteiger partial charge in [-0.15, -0.1) is 11.3 Å². The molecule has 6 nitrogen and oxygen atoms in total. The van der Waals surface area contributed by atoms with E-state index in [1.807, 2.05) is 46.3 Å². The Kier molecular flexibility index (Phi) is 5.61. The number of rotatable bonds is 6. The van der Waals surface area contributed by atoms with Crippen molar-refractivity contribution in [1.82, 2.24) is 14.8 Å². The summed E-state index contributed by atoms with van der Waals surface area (Å²) < 4.78 is 21.8. The predicted molar refractivity (Wildman–Crippen MR) is 129 cm³/mol. The van der Waals surface area contributed by atoms with E-state index in [9.17, 15) is 14.0 Å². The molecule has 1 N–H and O–H groups in total. The molecule has 0 radical (unpaired) electrons. The van der Waals surface area contributed by atoms with Crippen LogP contribution in [0.3, 0.4) is 0 Å². The number of fused-ring (bicyclic) bond motifs is 3. The summed E-state index contributed by atoms with van der Waals surface area (Å²) in [7, 11) is 1.58. The summed E-state index contributed by atoms with van der Waals surface area (Å²) in [5.74, 6) is -0.349. The third-order valence-corrected chi connectivity index (χ3v) is 7.39. The number of methoxy groups -OCH3 is 1. The molecule has 2 aromatic carbocycles. The number of para-hydroxylation sites is 1. The second-order valence-corrected chi connectivity index (χ2v) is 9.44. The Morgan fingerprint density at radius 3 is 2.65 bits per heavy atom. The first kappa shape index (κ1) is 22.2. The molecule has 0 aliphatic carbocycles. The summed E-state index contributed by atoms with van der Waals surface area (Å²) in [6.45, 7) is 2.24. The van der Waals surface area contributed by atoms with Gasteiger partial charge in [0.05, 0.1) is 20.2 Å². The predicted octanol–water partition coefficient (Wildman–Crippen LogP) is 4.58. The highest BCUT2D eigenvalue weighted by Gasteiger charge is 2.48. The molecular weight excluding hydrogens is 453 g/mol. The number of halogens is 1. The van der Waals surface area contributed by atoms with Gasteiger partial charge >= 0.3 is 0 Å². The highest BCUT2D eigenvalue weighted by molar-refractivity contribution is 7.16. The van der Waals surface area contributed by atoms with E-state index in [0.29, 0.717) is 17.0 Å². The van der Waals surface area contributed by atoms with Gasteiger partial charge in [0.25, 0.3) is 5.91 Å². The second kappa shape index (κ2) is 8.61. The van der Waals surface area contributed by atoms with E-state index in [-0.39, 0.29) is 31.4 Å². The van der Waals surface area contributed by atoms with E-state index in [4.69, 9.17) is 4.74 Å². The van der Waals surface area contributed by atoms with E-state index in [1.165, 1.54) is 22.3 Å². The average molecular weight is 478 g/mol. The second-order valence-electron chi connectivity index (χ2n) is 8.55. The van der Waals surface area contributed by atoms with Crippen LogP contribution in [0, 0.1) is 5.82 Å². The molecule has 1 aliphatic heterocycles. The van der Waals surface area contributed by atoms with Gasteiger partial charge in [-0.05, 0) is 36.6 Å². The molecule has 0 unspecified atom stereocenters. The van der Waals surface area contributed by atoms with Gasteiger partial charge in [0, 0.05) is 23.1 Å². The number of nitrogens with zero attached hydrogens (tertiary/aromatic N) is 2. The molecule has 1 atom stereocenters. The molecule has 0 fully saturated rings. The maximum absolute atomic E-state index is 14.5. The van der Waals surface area contributed by atoms with Gasteiger partial charge in [0.1, 0.15) is 27.6 Å².